The van der Waals surface area contributed by atoms with Gasteiger partial charge in [0.2, 0.25) is 5.78 Å². The van der Waals surface area contributed by atoms with Gasteiger partial charge in [0.05, 0.1) is 10.5 Å². The van der Waals surface area contributed by atoms with E-state index in [9.17, 15) is 19.7 Å². The summed E-state index contributed by atoms with van der Waals surface area (Å²) in [6.07, 6.45) is 0. The molecular formula is C22H16N2O5. The third kappa shape index (κ3) is 4.78. The summed E-state index contributed by atoms with van der Waals surface area (Å²) in [5.41, 5.74) is 2.37. The van der Waals surface area contributed by atoms with Crippen molar-refractivity contribution in [3.63, 3.8) is 0 Å². The number of rotatable bonds is 6. The molecule has 0 aliphatic carbocycles. The molecule has 29 heavy (non-hydrogen) atoms. The Bertz CT molecular complexity index is 1070. The summed E-state index contributed by atoms with van der Waals surface area (Å²) >= 11 is 0. The molecule has 0 saturated carbocycles. The summed E-state index contributed by atoms with van der Waals surface area (Å²) in [6.45, 7) is 1.46. The summed E-state index contributed by atoms with van der Waals surface area (Å²) < 4.78 is 0. The molecular weight excluding hydrogens is 372 g/mol. The van der Waals surface area contributed by atoms with Crippen LogP contribution in [0.1, 0.15) is 27.6 Å². The smallest absolute Gasteiger partial charge is 0.312 e. The number of hydrogen-bond donors (Lipinski definition) is 0. The van der Waals surface area contributed by atoms with Crippen molar-refractivity contribution in [2.45, 2.75) is 6.92 Å². The van der Waals surface area contributed by atoms with E-state index >= 15 is 0 Å². The molecule has 0 radical (unpaired) electrons. The number of non-ortho nitro benzene ring substituents is 1. The number of nitro benzene ring substituents is 1. The van der Waals surface area contributed by atoms with E-state index in [1.165, 1.54) is 19.1 Å². The second-order valence-electron chi connectivity index (χ2n) is 6.13. The topological polar surface area (TPSA) is 98.9 Å². The highest BCUT2D eigenvalue weighted by Crippen LogP contribution is 2.23. The average Bonchev–Trinajstić information content (AvgIpc) is 2.77. The Morgan fingerprint density at radius 2 is 1.38 bits per heavy atom. The molecule has 0 aromatic heterocycles. The molecule has 144 valence electrons. The van der Waals surface area contributed by atoms with Crippen LogP contribution in [0.4, 0.5) is 5.69 Å². The van der Waals surface area contributed by atoms with E-state index in [0.29, 0.717) is 11.1 Å². The van der Waals surface area contributed by atoms with Crippen LogP contribution in [0.15, 0.2) is 84.0 Å². The molecule has 0 unspecified atom stereocenters. The third-order valence-corrected chi connectivity index (χ3v) is 4.16. The summed E-state index contributed by atoms with van der Waals surface area (Å²) in [6, 6.07) is 21.2. The van der Waals surface area contributed by atoms with E-state index in [0.717, 1.165) is 11.1 Å². The van der Waals surface area contributed by atoms with Crippen molar-refractivity contribution < 1.29 is 19.3 Å². The Morgan fingerprint density at radius 1 is 0.828 bits per heavy atom. The zero-order valence-electron chi connectivity index (χ0n) is 15.4. The third-order valence-electron chi connectivity index (χ3n) is 4.16. The number of nitrogens with zero attached hydrogens (tertiary/aromatic N) is 2. The van der Waals surface area contributed by atoms with Crippen LogP contribution in [0.3, 0.4) is 0 Å². The van der Waals surface area contributed by atoms with Crippen LogP contribution in [-0.4, -0.2) is 22.4 Å². The minimum absolute atomic E-state index is 0.0115. The fraction of sp³-hybridized carbons (Fsp3) is 0.0455. The fourth-order valence-corrected chi connectivity index (χ4v) is 2.58. The van der Waals surface area contributed by atoms with Crippen LogP contribution in [0.2, 0.25) is 0 Å². The highest BCUT2D eigenvalue weighted by molar-refractivity contribution is 6.45. The minimum Gasteiger partial charge on any atom is -0.312 e. The molecule has 3 aromatic carbocycles. The van der Waals surface area contributed by atoms with E-state index in [4.69, 9.17) is 4.84 Å². The van der Waals surface area contributed by atoms with Gasteiger partial charge in [-0.3, -0.25) is 14.9 Å². The molecule has 0 saturated heterocycles. The van der Waals surface area contributed by atoms with Gasteiger partial charge in [0.1, 0.15) is 5.71 Å². The maximum Gasteiger partial charge on any atom is 0.365 e. The molecule has 0 fully saturated rings. The molecule has 0 aliphatic heterocycles. The standard InChI is InChI=1S/C22H16N2O5/c1-15(23-29-22(26)19-5-3-2-4-6-19)21(25)18-9-7-16(8-10-18)17-11-13-20(14-12-17)24(27)28/h2-14H,1H3/b23-15-. The Labute approximate surface area is 166 Å². The van der Waals surface area contributed by atoms with Gasteiger partial charge in [0, 0.05) is 17.7 Å². The molecule has 0 N–H and O–H groups in total. The molecule has 7 nitrogen and oxygen atoms in total. The summed E-state index contributed by atoms with van der Waals surface area (Å²) in [5, 5.41) is 14.4. The number of benzene rings is 3. The van der Waals surface area contributed by atoms with Crippen molar-refractivity contribution in [2.75, 3.05) is 0 Å². The van der Waals surface area contributed by atoms with E-state index in [1.807, 2.05) is 0 Å². The molecule has 0 bridgehead atoms. The molecule has 0 spiro atoms. The molecule has 3 rings (SSSR count). The van der Waals surface area contributed by atoms with Gasteiger partial charge < -0.3 is 4.84 Å². The maximum absolute atomic E-state index is 12.5. The van der Waals surface area contributed by atoms with Crippen LogP contribution in [0.5, 0.6) is 0 Å². The lowest BCUT2D eigenvalue weighted by molar-refractivity contribution is -0.384. The van der Waals surface area contributed by atoms with E-state index in [2.05, 4.69) is 5.16 Å². The molecule has 3 aromatic rings. The van der Waals surface area contributed by atoms with Gasteiger partial charge in [-0.25, -0.2) is 4.79 Å². The van der Waals surface area contributed by atoms with Gasteiger partial charge in [-0.05, 0) is 42.3 Å². The highest BCUT2D eigenvalue weighted by atomic mass is 16.7. The lowest BCUT2D eigenvalue weighted by Crippen LogP contribution is -2.12. The first-order valence-corrected chi connectivity index (χ1v) is 8.66. The zero-order valence-corrected chi connectivity index (χ0v) is 15.4. The quantitative estimate of drug-likeness (QED) is 0.201. The number of nitro groups is 1. The Hall–Kier alpha value is -4.13. The summed E-state index contributed by atoms with van der Waals surface area (Å²) in [5.74, 6) is -1.02. The Balaban J connectivity index is 1.69. The fourth-order valence-electron chi connectivity index (χ4n) is 2.58. The van der Waals surface area contributed by atoms with Crippen LogP contribution >= 0.6 is 0 Å². The van der Waals surface area contributed by atoms with Gasteiger partial charge in [-0.2, -0.15) is 0 Å². The number of hydrogen-bond acceptors (Lipinski definition) is 6. The molecule has 0 aliphatic rings. The molecule has 0 amide bonds. The number of Topliss-reactive ketones (excluding diaryl/α,β-unsaturated/α-hetero) is 1. The molecule has 7 heteroatoms. The van der Waals surface area contributed by atoms with Crippen LogP contribution in [0.25, 0.3) is 11.1 Å². The monoisotopic (exact) mass is 388 g/mol. The van der Waals surface area contributed by atoms with Crippen molar-refractivity contribution in [1.29, 1.82) is 0 Å². The van der Waals surface area contributed by atoms with Crippen LogP contribution in [-0.2, 0) is 4.84 Å². The first-order valence-electron chi connectivity index (χ1n) is 8.66. The van der Waals surface area contributed by atoms with Crippen molar-refractivity contribution in [3.8, 4) is 11.1 Å². The Kier molecular flexibility index (Phi) is 5.89. The van der Waals surface area contributed by atoms with Gasteiger partial charge in [-0.15, -0.1) is 0 Å². The maximum atomic E-state index is 12.5. The van der Waals surface area contributed by atoms with Gasteiger partial charge in [0.15, 0.2) is 0 Å². The van der Waals surface area contributed by atoms with Crippen LogP contribution < -0.4 is 0 Å². The minimum atomic E-state index is -0.647. The second kappa shape index (κ2) is 8.71. The number of ketones is 1. The van der Waals surface area contributed by atoms with Gasteiger partial charge in [-0.1, -0.05) is 47.6 Å². The van der Waals surface area contributed by atoms with Gasteiger partial charge in [0.25, 0.3) is 5.69 Å². The molecule has 0 atom stereocenters. The van der Waals surface area contributed by atoms with Crippen molar-refractivity contribution in [3.05, 3.63) is 100 Å². The predicted molar refractivity (Wildman–Crippen MR) is 108 cm³/mol. The second-order valence-corrected chi connectivity index (χ2v) is 6.13. The highest BCUT2D eigenvalue weighted by Gasteiger charge is 2.13. The first-order chi connectivity index (χ1) is 14.0. The first kappa shape index (κ1) is 19.6. The predicted octanol–water partition coefficient (Wildman–Crippen LogP) is 4.68. The normalized spacial score (nSPS) is 11.0. The lowest BCUT2D eigenvalue weighted by atomic mass is 10.0. The van der Waals surface area contributed by atoms with E-state index < -0.39 is 10.9 Å². The van der Waals surface area contributed by atoms with Crippen LogP contribution in [0, 0.1) is 10.1 Å². The number of oxime groups is 1. The lowest BCUT2D eigenvalue weighted by Gasteiger charge is -2.04. The number of carbonyl (C=O) groups is 2. The zero-order chi connectivity index (χ0) is 20.8. The van der Waals surface area contributed by atoms with Crippen molar-refractivity contribution in [1.82, 2.24) is 0 Å². The largest absolute Gasteiger partial charge is 0.365 e. The van der Waals surface area contributed by atoms with Crippen molar-refractivity contribution in [2.24, 2.45) is 5.16 Å². The average molecular weight is 388 g/mol. The molecule has 0 heterocycles. The summed E-state index contributed by atoms with van der Waals surface area (Å²) in [4.78, 5) is 39.5. The summed E-state index contributed by atoms with van der Waals surface area (Å²) in [7, 11) is 0. The van der Waals surface area contributed by atoms with E-state index in [1.54, 1.807) is 66.7 Å². The Morgan fingerprint density at radius 3 is 1.93 bits per heavy atom. The van der Waals surface area contributed by atoms with Crippen molar-refractivity contribution >= 4 is 23.2 Å². The number of carbonyl (C=O) groups excluding carboxylic acids is 2. The SMILES string of the molecule is C/C(=N/OC(=O)c1ccccc1)C(=O)c1ccc(-c2ccc([N+](=O)[O-])cc2)cc1. The van der Waals surface area contributed by atoms with Gasteiger partial charge >= 0.3 is 5.97 Å². The van der Waals surface area contributed by atoms with E-state index in [-0.39, 0.29) is 17.2 Å².